The molecule has 1 amide bonds. The first-order chi connectivity index (χ1) is 10.0. The molecule has 0 spiro atoms. The van der Waals surface area contributed by atoms with Gasteiger partial charge in [-0.05, 0) is 53.2 Å². The fourth-order valence-corrected chi connectivity index (χ4v) is 2.27. The maximum Gasteiger partial charge on any atom is 0.408 e. The van der Waals surface area contributed by atoms with Crippen LogP contribution in [0.1, 0.15) is 53.1 Å². The molecule has 1 rings (SSSR count). The summed E-state index contributed by atoms with van der Waals surface area (Å²) in [4.78, 5) is 11.9. The second kappa shape index (κ2) is 7.34. The zero-order valence-electron chi connectivity index (χ0n) is 14.3. The highest BCUT2D eigenvalue weighted by Gasteiger charge is 2.25. The van der Waals surface area contributed by atoms with Crippen molar-refractivity contribution in [2.75, 3.05) is 6.54 Å². The van der Waals surface area contributed by atoms with Crippen molar-refractivity contribution in [2.24, 2.45) is 0 Å². The molecule has 0 bridgehead atoms. The van der Waals surface area contributed by atoms with Crippen LogP contribution in [0.5, 0.6) is 0 Å². The summed E-state index contributed by atoms with van der Waals surface area (Å²) in [6.45, 7) is 12.1. The van der Waals surface area contributed by atoms with Crippen LogP contribution in [0.3, 0.4) is 0 Å². The van der Waals surface area contributed by atoms with E-state index in [4.69, 9.17) is 16.3 Å². The topological polar surface area (TPSA) is 50.4 Å². The number of rotatable bonds is 5. The van der Waals surface area contributed by atoms with E-state index in [1.165, 1.54) is 0 Å². The molecule has 2 N–H and O–H groups in total. The maximum atomic E-state index is 11.9. The second-order valence-corrected chi connectivity index (χ2v) is 7.54. The van der Waals surface area contributed by atoms with E-state index in [0.717, 1.165) is 10.6 Å². The average molecular weight is 327 g/mol. The van der Waals surface area contributed by atoms with Crippen molar-refractivity contribution in [3.63, 3.8) is 0 Å². The van der Waals surface area contributed by atoms with Gasteiger partial charge in [0.15, 0.2) is 0 Å². The van der Waals surface area contributed by atoms with Crippen LogP contribution in [0.2, 0.25) is 5.02 Å². The largest absolute Gasteiger partial charge is 0.444 e. The van der Waals surface area contributed by atoms with Crippen molar-refractivity contribution >= 4 is 17.7 Å². The lowest BCUT2D eigenvalue weighted by Gasteiger charge is -2.30. The highest BCUT2D eigenvalue weighted by atomic mass is 35.5. The summed E-state index contributed by atoms with van der Waals surface area (Å²) in [5.74, 6) is 0. The van der Waals surface area contributed by atoms with Crippen LogP contribution in [0.15, 0.2) is 24.3 Å². The van der Waals surface area contributed by atoms with Crippen LogP contribution in [0, 0.1) is 0 Å². The van der Waals surface area contributed by atoms with E-state index in [1.807, 2.05) is 65.8 Å². The fraction of sp³-hybridized carbons (Fsp3) is 0.588. The molecule has 4 nitrogen and oxygen atoms in total. The number of alkyl carbamates (subject to hydrolysis) is 1. The summed E-state index contributed by atoms with van der Waals surface area (Å²) in [5, 5.41) is 7.01. The number of amides is 1. The molecule has 1 atom stereocenters. The van der Waals surface area contributed by atoms with Crippen LogP contribution in [-0.4, -0.2) is 23.8 Å². The number of carbonyl (C=O) groups excluding carboxylic acids is 1. The number of hydrogen-bond donors (Lipinski definition) is 2. The predicted molar refractivity (Wildman–Crippen MR) is 91.3 cm³/mol. The minimum Gasteiger partial charge on any atom is -0.444 e. The van der Waals surface area contributed by atoms with E-state index in [1.54, 1.807) is 0 Å². The molecule has 0 aliphatic rings. The Balaban J connectivity index is 2.55. The zero-order chi connectivity index (χ0) is 17.0. The summed E-state index contributed by atoms with van der Waals surface area (Å²) in [5.41, 5.74) is 0.105. The number of ether oxygens (including phenoxy) is 1. The van der Waals surface area contributed by atoms with Gasteiger partial charge in [-0.1, -0.05) is 29.8 Å². The van der Waals surface area contributed by atoms with Crippen molar-refractivity contribution in [3.05, 3.63) is 34.9 Å². The summed E-state index contributed by atoms with van der Waals surface area (Å²) in [6, 6.07) is 7.83. The third-order valence-corrected chi connectivity index (χ3v) is 3.41. The van der Waals surface area contributed by atoms with Gasteiger partial charge in [0.2, 0.25) is 0 Å². The van der Waals surface area contributed by atoms with Crippen LogP contribution < -0.4 is 10.6 Å². The van der Waals surface area contributed by atoms with Crippen molar-refractivity contribution in [3.8, 4) is 0 Å². The number of carbonyl (C=O) groups is 1. The smallest absolute Gasteiger partial charge is 0.408 e. The molecular formula is C17H27ClN2O2. The van der Waals surface area contributed by atoms with Crippen LogP contribution in [-0.2, 0) is 4.74 Å². The molecule has 1 aromatic carbocycles. The SMILES string of the molecule is CC(NCC(C)(C)NC(=O)OC(C)(C)C)c1ccccc1Cl. The minimum atomic E-state index is -0.502. The third kappa shape index (κ3) is 6.67. The molecule has 5 heteroatoms. The van der Waals surface area contributed by atoms with Crippen LogP contribution >= 0.6 is 11.6 Å². The summed E-state index contributed by atoms with van der Waals surface area (Å²) < 4.78 is 5.29. The van der Waals surface area contributed by atoms with Gasteiger partial charge in [0, 0.05) is 17.6 Å². The summed E-state index contributed by atoms with van der Waals surface area (Å²) >= 11 is 6.20. The van der Waals surface area contributed by atoms with Gasteiger partial charge in [-0.3, -0.25) is 0 Å². The van der Waals surface area contributed by atoms with Crippen molar-refractivity contribution in [2.45, 2.75) is 58.7 Å². The fourth-order valence-electron chi connectivity index (χ4n) is 1.97. The lowest BCUT2D eigenvalue weighted by atomic mass is 10.0. The standard InChI is InChI=1S/C17H27ClN2O2/c1-12(13-9-7-8-10-14(13)18)19-11-17(5,6)20-15(21)22-16(2,3)4/h7-10,12,19H,11H2,1-6H3,(H,20,21). The molecule has 0 aromatic heterocycles. The van der Waals surface area contributed by atoms with E-state index in [0.29, 0.717) is 6.54 Å². The van der Waals surface area contributed by atoms with Gasteiger partial charge >= 0.3 is 6.09 Å². The Hall–Kier alpha value is -1.26. The first-order valence-corrected chi connectivity index (χ1v) is 7.87. The molecule has 0 fully saturated rings. The molecule has 124 valence electrons. The number of hydrogen-bond acceptors (Lipinski definition) is 3. The van der Waals surface area contributed by atoms with Gasteiger partial charge in [-0.25, -0.2) is 4.79 Å². The lowest BCUT2D eigenvalue weighted by Crippen LogP contribution is -2.51. The molecule has 0 aliphatic heterocycles. The molecule has 0 radical (unpaired) electrons. The number of nitrogens with one attached hydrogen (secondary N) is 2. The maximum absolute atomic E-state index is 11.9. The van der Waals surface area contributed by atoms with Crippen LogP contribution in [0.4, 0.5) is 4.79 Å². The first-order valence-electron chi connectivity index (χ1n) is 7.49. The van der Waals surface area contributed by atoms with E-state index >= 15 is 0 Å². The first kappa shape index (κ1) is 18.8. The average Bonchev–Trinajstić information content (AvgIpc) is 2.33. The van der Waals surface area contributed by atoms with Gasteiger partial charge in [0.1, 0.15) is 5.60 Å². The van der Waals surface area contributed by atoms with Gasteiger partial charge in [-0.2, -0.15) is 0 Å². The monoisotopic (exact) mass is 326 g/mol. The Morgan fingerprint density at radius 3 is 2.36 bits per heavy atom. The van der Waals surface area contributed by atoms with Crippen molar-refractivity contribution in [1.29, 1.82) is 0 Å². The Bertz CT molecular complexity index is 510. The molecule has 0 heterocycles. The van der Waals surface area contributed by atoms with E-state index in [-0.39, 0.29) is 6.04 Å². The van der Waals surface area contributed by atoms with Crippen LogP contribution in [0.25, 0.3) is 0 Å². The molecule has 1 unspecified atom stereocenters. The van der Waals surface area contributed by atoms with Gasteiger partial charge in [0.25, 0.3) is 0 Å². The lowest BCUT2D eigenvalue weighted by molar-refractivity contribution is 0.0471. The number of benzene rings is 1. The van der Waals surface area contributed by atoms with E-state index in [2.05, 4.69) is 10.6 Å². The highest BCUT2D eigenvalue weighted by molar-refractivity contribution is 6.31. The Kier molecular flexibility index (Phi) is 6.27. The Morgan fingerprint density at radius 1 is 1.23 bits per heavy atom. The minimum absolute atomic E-state index is 0.0911. The highest BCUT2D eigenvalue weighted by Crippen LogP contribution is 2.22. The molecule has 0 aliphatic carbocycles. The van der Waals surface area contributed by atoms with Gasteiger partial charge in [0.05, 0.1) is 5.54 Å². The van der Waals surface area contributed by atoms with E-state index < -0.39 is 17.2 Å². The molecule has 0 saturated carbocycles. The zero-order valence-corrected chi connectivity index (χ0v) is 15.0. The molecule has 22 heavy (non-hydrogen) atoms. The van der Waals surface area contributed by atoms with Crippen molar-refractivity contribution < 1.29 is 9.53 Å². The Labute approximate surface area is 138 Å². The molecule has 1 aromatic rings. The number of halogens is 1. The Morgan fingerprint density at radius 2 is 1.82 bits per heavy atom. The summed E-state index contributed by atoms with van der Waals surface area (Å²) in [7, 11) is 0. The van der Waals surface area contributed by atoms with Gasteiger partial charge in [-0.15, -0.1) is 0 Å². The normalized spacial score (nSPS) is 13.6. The molecule has 0 saturated heterocycles. The van der Waals surface area contributed by atoms with Gasteiger partial charge < -0.3 is 15.4 Å². The third-order valence-electron chi connectivity index (χ3n) is 3.06. The van der Waals surface area contributed by atoms with E-state index in [9.17, 15) is 4.79 Å². The predicted octanol–water partition coefficient (Wildman–Crippen LogP) is 4.29. The summed E-state index contributed by atoms with van der Waals surface area (Å²) in [6.07, 6.45) is -0.412. The quantitative estimate of drug-likeness (QED) is 0.848. The van der Waals surface area contributed by atoms with Crippen molar-refractivity contribution in [1.82, 2.24) is 10.6 Å². The molecular weight excluding hydrogens is 300 g/mol. The second-order valence-electron chi connectivity index (χ2n) is 7.13.